The first kappa shape index (κ1) is 17.7. The largest absolute Gasteiger partial charge is 0.435 e. The summed E-state index contributed by atoms with van der Waals surface area (Å²) in [5.74, 6) is -1.77. The molecule has 126 valence electrons. The summed E-state index contributed by atoms with van der Waals surface area (Å²) in [7, 11) is 4.17. The molecule has 2 heterocycles. The molecule has 0 aliphatic carbocycles. The van der Waals surface area contributed by atoms with Gasteiger partial charge in [0.1, 0.15) is 12.1 Å². The minimum atomic E-state index is -0.783. The Balaban J connectivity index is 0.00000100. The molecule has 1 aromatic carbocycles. The Morgan fingerprint density at radius 1 is 1.17 bits per heavy atom. The molecule has 0 fully saturated rings. The van der Waals surface area contributed by atoms with E-state index < -0.39 is 11.6 Å². The summed E-state index contributed by atoms with van der Waals surface area (Å²) in [5.41, 5.74) is 6.20. The first-order valence-electron chi connectivity index (χ1n) is 6.83. The SMILES string of the molecule is CP.Cn1cc(-c2cncnc2Oc2cc(F)c(N)cc2F)cn1. The average molecular weight is 351 g/mol. The summed E-state index contributed by atoms with van der Waals surface area (Å²) in [4.78, 5) is 7.87. The van der Waals surface area contributed by atoms with Gasteiger partial charge in [-0.25, -0.2) is 18.7 Å². The summed E-state index contributed by atoms with van der Waals surface area (Å²) < 4.78 is 34.3. The van der Waals surface area contributed by atoms with Crippen LogP contribution in [0.2, 0.25) is 0 Å². The molecule has 3 rings (SSSR count). The molecule has 2 N–H and O–H groups in total. The zero-order chi connectivity index (χ0) is 17.7. The molecule has 0 bridgehead atoms. The van der Waals surface area contributed by atoms with Gasteiger partial charge in [0.2, 0.25) is 5.88 Å². The molecule has 2 aromatic heterocycles. The smallest absolute Gasteiger partial charge is 0.230 e. The van der Waals surface area contributed by atoms with Crippen LogP contribution in [-0.4, -0.2) is 26.4 Å². The lowest BCUT2D eigenvalue weighted by atomic mass is 10.2. The Morgan fingerprint density at radius 3 is 2.58 bits per heavy atom. The maximum Gasteiger partial charge on any atom is 0.230 e. The highest BCUT2D eigenvalue weighted by Crippen LogP contribution is 2.32. The highest BCUT2D eigenvalue weighted by Gasteiger charge is 2.15. The van der Waals surface area contributed by atoms with Crippen LogP contribution in [0.3, 0.4) is 0 Å². The van der Waals surface area contributed by atoms with Crippen molar-refractivity contribution >= 4 is 14.9 Å². The molecule has 9 heteroatoms. The number of aryl methyl sites for hydroxylation is 1. The van der Waals surface area contributed by atoms with Gasteiger partial charge in [-0.1, -0.05) is 6.66 Å². The predicted octanol–water partition coefficient (Wildman–Crippen LogP) is 3.02. The third-order valence-corrected chi connectivity index (χ3v) is 2.95. The van der Waals surface area contributed by atoms with Crippen LogP contribution in [0.25, 0.3) is 11.1 Å². The number of nitrogens with two attached hydrogens (primary N) is 1. The van der Waals surface area contributed by atoms with Crippen molar-refractivity contribution in [2.75, 3.05) is 12.4 Å². The molecular weight excluding hydrogens is 335 g/mol. The molecule has 3 aromatic rings. The number of ether oxygens (including phenoxy) is 1. The summed E-state index contributed by atoms with van der Waals surface area (Å²) in [6.07, 6.45) is 6.07. The normalized spacial score (nSPS) is 10.0. The van der Waals surface area contributed by atoms with Gasteiger partial charge in [0, 0.05) is 37.1 Å². The second kappa shape index (κ2) is 7.79. The van der Waals surface area contributed by atoms with E-state index in [9.17, 15) is 8.78 Å². The average Bonchev–Trinajstić information content (AvgIpc) is 3.01. The lowest BCUT2D eigenvalue weighted by Crippen LogP contribution is -1.98. The third-order valence-electron chi connectivity index (χ3n) is 2.95. The fourth-order valence-electron chi connectivity index (χ4n) is 1.88. The Labute approximate surface area is 139 Å². The lowest BCUT2D eigenvalue weighted by molar-refractivity contribution is 0.423. The summed E-state index contributed by atoms with van der Waals surface area (Å²) >= 11 is 0. The van der Waals surface area contributed by atoms with Crippen molar-refractivity contribution in [3.05, 3.63) is 48.7 Å². The summed E-state index contributed by atoms with van der Waals surface area (Å²) in [5, 5.41) is 4.04. The zero-order valence-corrected chi connectivity index (χ0v) is 14.2. The lowest BCUT2D eigenvalue weighted by Gasteiger charge is -2.09. The van der Waals surface area contributed by atoms with Crippen molar-refractivity contribution in [3.63, 3.8) is 0 Å². The van der Waals surface area contributed by atoms with Gasteiger partial charge in [0.15, 0.2) is 11.6 Å². The second-order valence-electron chi connectivity index (χ2n) is 4.55. The molecule has 0 aliphatic rings. The molecule has 0 spiro atoms. The number of aromatic nitrogens is 4. The van der Waals surface area contributed by atoms with Gasteiger partial charge >= 0.3 is 0 Å². The maximum absolute atomic E-state index is 13.8. The second-order valence-corrected chi connectivity index (χ2v) is 4.55. The van der Waals surface area contributed by atoms with Crippen LogP contribution in [0.5, 0.6) is 11.6 Å². The van der Waals surface area contributed by atoms with E-state index in [4.69, 9.17) is 10.5 Å². The van der Waals surface area contributed by atoms with E-state index in [0.717, 1.165) is 12.1 Å². The Kier molecular flexibility index (Phi) is 5.76. The van der Waals surface area contributed by atoms with Gasteiger partial charge in [-0.15, -0.1) is 9.24 Å². The number of anilines is 1. The Hall–Kier alpha value is -2.60. The molecule has 0 saturated carbocycles. The zero-order valence-electron chi connectivity index (χ0n) is 13.1. The van der Waals surface area contributed by atoms with Crippen molar-refractivity contribution in [2.24, 2.45) is 7.05 Å². The fourth-order valence-corrected chi connectivity index (χ4v) is 1.88. The van der Waals surface area contributed by atoms with Crippen LogP contribution in [0.1, 0.15) is 0 Å². The van der Waals surface area contributed by atoms with Gasteiger partial charge in [0.05, 0.1) is 17.4 Å². The Morgan fingerprint density at radius 2 is 1.92 bits per heavy atom. The van der Waals surface area contributed by atoms with E-state index in [1.54, 1.807) is 24.1 Å². The van der Waals surface area contributed by atoms with Gasteiger partial charge in [-0.05, 0) is 0 Å². The fraction of sp³-hybridized carbons (Fsp3) is 0.133. The standard InChI is InChI=1S/C14H11F2N5O.CH5P/c1-21-6-8(4-20-21)9-5-18-7-19-14(9)22-13-3-10(15)12(17)2-11(13)16;1-2/h2-7H,17H2,1H3;2H2,1H3. The minimum Gasteiger partial charge on any atom is -0.435 e. The van der Waals surface area contributed by atoms with Crippen LogP contribution < -0.4 is 10.5 Å². The Bertz CT molecular complexity index is 840. The van der Waals surface area contributed by atoms with E-state index >= 15 is 0 Å². The van der Waals surface area contributed by atoms with Crippen LogP contribution >= 0.6 is 9.24 Å². The summed E-state index contributed by atoms with van der Waals surface area (Å²) in [6.45, 7) is 1.92. The third kappa shape index (κ3) is 3.83. The number of nitrogens with zero attached hydrogens (tertiary/aromatic N) is 4. The van der Waals surface area contributed by atoms with Crippen LogP contribution in [0, 0.1) is 11.6 Å². The first-order chi connectivity index (χ1) is 11.5. The number of nitrogen functional groups attached to an aromatic ring is 1. The van der Waals surface area contributed by atoms with Crippen molar-refractivity contribution < 1.29 is 13.5 Å². The number of benzene rings is 1. The quantitative estimate of drug-likeness (QED) is 0.580. The van der Waals surface area contributed by atoms with E-state index in [0.29, 0.717) is 11.1 Å². The predicted molar refractivity (Wildman–Crippen MR) is 90.7 cm³/mol. The molecule has 1 unspecified atom stereocenters. The number of halogens is 2. The molecule has 0 amide bonds. The van der Waals surface area contributed by atoms with E-state index in [1.807, 2.05) is 6.66 Å². The molecule has 0 saturated heterocycles. The van der Waals surface area contributed by atoms with Crippen molar-refractivity contribution in [2.45, 2.75) is 0 Å². The van der Waals surface area contributed by atoms with E-state index in [2.05, 4.69) is 24.3 Å². The number of hydrogen-bond acceptors (Lipinski definition) is 5. The summed E-state index contributed by atoms with van der Waals surface area (Å²) in [6, 6.07) is 1.73. The van der Waals surface area contributed by atoms with E-state index in [-0.39, 0.29) is 17.3 Å². The van der Waals surface area contributed by atoms with Gasteiger partial charge in [-0.3, -0.25) is 4.68 Å². The first-order valence-corrected chi connectivity index (χ1v) is 7.99. The van der Waals surface area contributed by atoms with Crippen molar-refractivity contribution in [1.82, 2.24) is 19.7 Å². The molecule has 1 atom stereocenters. The molecule has 6 nitrogen and oxygen atoms in total. The van der Waals surface area contributed by atoms with Gasteiger partial charge < -0.3 is 10.5 Å². The molecule has 0 aliphatic heterocycles. The highest BCUT2D eigenvalue weighted by molar-refractivity contribution is 7.15. The van der Waals surface area contributed by atoms with Gasteiger partial charge in [0.25, 0.3) is 0 Å². The topological polar surface area (TPSA) is 78.8 Å². The number of rotatable bonds is 3. The molecule has 24 heavy (non-hydrogen) atoms. The monoisotopic (exact) mass is 351 g/mol. The van der Waals surface area contributed by atoms with Crippen LogP contribution in [0.15, 0.2) is 37.1 Å². The van der Waals surface area contributed by atoms with E-state index in [1.165, 1.54) is 12.5 Å². The van der Waals surface area contributed by atoms with Crippen molar-refractivity contribution in [3.8, 4) is 22.8 Å². The molecule has 0 radical (unpaired) electrons. The van der Waals surface area contributed by atoms with Crippen molar-refractivity contribution in [1.29, 1.82) is 0 Å². The molecular formula is C15H16F2N5OP. The number of hydrogen-bond donors (Lipinski definition) is 1. The van der Waals surface area contributed by atoms with Crippen LogP contribution in [-0.2, 0) is 7.05 Å². The minimum absolute atomic E-state index is 0.0890. The highest BCUT2D eigenvalue weighted by atomic mass is 31.0. The van der Waals surface area contributed by atoms with Crippen LogP contribution in [0.4, 0.5) is 14.5 Å². The van der Waals surface area contributed by atoms with Gasteiger partial charge in [-0.2, -0.15) is 5.10 Å². The maximum atomic E-state index is 13.8.